The lowest BCUT2D eigenvalue weighted by Gasteiger charge is -2.43. The van der Waals surface area contributed by atoms with Crippen molar-refractivity contribution in [3.63, 3.8) is 0 Å². The van der Waals surface area contributed by atoms with Crippen LogP contribution in [0.25, 0.3) is 0 Å². The van der Waals surface area contributed by atoms with Crippen LogP contribution in [0.5, 0.6) is 0 Å². The molecule has 0 aliphatic heterocycles. The third-order valence-electron chi connectivity index (χ3n) is 10.4. The smallest absolute Gasteiger partial charge is 0.346 e. The topological polar surface area (TPSA) is 61.8 Å². The maximum absolute atomic E-state index is 13.9. The number of benzene rings is 6. The van der Waals surface area contributed by atoms with E-state index in [-0.39, 0.29) is 34.4 Å². The first-order chi connectivity index (χ1) is 26.4. The summed E-state index contributed by atoms with van der Waals surface area (Å²) in [4.78, 5) is 27.9. The third-order valence-corrected chi connectivity index (χ3v) is 20.3. The molecule has 5 nitrogen and oxygen atoms in total. The van der Waals surface area contributed by atoms with Gasteiger partial charge in [0.1, 0.15) is 0 Å². The molecule has 0 heterocycles. The molecule has 0 saturated carbocycles. The lowest BCUT2D eigenvalue weighted by molar-refractivity contribution is 0.0394. The van der Waals surface area contributed by atoms with E-state index in [2.05, 4.69) is 90.1 Å². The van der Waals surface area contributed by atoms with E-state index in [1.54, 1.807) is 24.3 Å². The number of carbonyl (C=O) groups is 2. The van der Waals surface area contributed by atoms with E-state index >= 15 is 0 Å². The van der Waals surface area contributed by atoms with Crippen LogP contribution >= 0.6 is 0 Å². The van der Waals surface area contributed by atoms with Crippen molar-refractivity contribution >= 4 is 49.3 Å². The molecule has 6 aromatic carbocycles. The summed E-state index contributed by atoms with van der Waals surface area (Å²) in [6.07, 6.45) is 0. The predicted octanol–water partition coefficient (Wildman–Crippen LogP) is 8.84. The fourth-order valence-electron chi connectivity index (χ4n) is 7.78. The average Bonchev–Trinajstić information content (AvgIpc) is 3.19. The Labute approximate surface area is 328 Å². The highest BCUT2D eigenvalue weighted by Gasteiger charge is 2.51. The summed E-state index contributed by atoms with van der Waals surface area (Å²) in [7, 11) is -5.80. The van der Waals surface area contributed by atoms with E-state index in [1.807, 2.05) is 97.1 Å². The van der Waals surface area contributed by atoms with Gasteiger partial charge in [0.25, 0.3) is 16.6 Å². The number of hydrogen-bond donors (Lipinski definition) is 0. The van der Waals surface area contributed by atoms with Gasteiger partial charge in [0.2, 0.25) is 0 Å². The molecule has 0 aliphatic carbocycles. The molecule has 0 atom stereocenters. The van der Waals surface area contributed by atoms with Gasteiger partial charge in [-0.2, -0.15) is 0 Å². The van der Waals surface area contributed by atoms with Gasteiger partial charge in [-0.15, -0.1) is 0 Å². The van der Waals surface area contributed by atoms with Gasteiger partial charge in [-0.3, -0.25) is 0 Å². The number of carbonyl (C=O) groups excluding carboxylic acids is 2. The SMILES string of the molecule is CC(C)(C)[Si](OCc1ccccc1C(=O)OC(=O)c1ccccc1CO[Si](c1ccccc1)(c1ccccc1)C(C)(C)C)(c1ccccc1)c1ccccc1. The zero-order valence-corrected chi connectivity index (χ0v) is 34.6. The molecule has 6 rings (SSSR count). The quantitative estimate of drug-likeness (QED) is 0.0709. The van der Waals surface area contributed by atoms with Crippen LogP contribution < -0.4 is 20.7 Å². The van der Waals surface area contributed by atoms with Crippen LogP contribution in [0.15, 0.2) is 170 Å². The van der Waals surface area contributed by atoms with Crippen molar-refractivity contribution in [2.24, 2.45) is 0 Å². The fourth-order valence-corrected chi connectivity index (χ4v) is 16.8. The van der Waals surface area contributed by atoms with Gasteiger partial charge in [-0.25, -0.2) is 9.59 Å². The molecule has 0 saturated heterocycles. The lowest BCUT2D eigenvalue weighted by Crippen LogP contribution is -2.66. The van der Waals surface area contributed by atoms with Crippen molar-refractivity contribution in [2.75, 3.05) is 0 Å². The second kappa shape index (κ2) is 16.7. The zero-order chi connectivity index (χ0) is 39.1. The Kier molecular flexibility index (Phi) is 12.0. The highest BCUT2D eigenvalue weighted by molar-refractivity contribution is 7.00. The molecule has 0 bridgehead atoms. The standard InChI is InChI=1S/C48H50O5Si2/c1-47(2,3)54(39-25-11-7-12-26-39,40-27-13-8-14-28-40)51-35-37-23-19-21-33-43(37)45(49)53-46(50)44-34-22-20-24-38(44)36-52-55(48(4,5)6,41-29-15-9-16-30-41)42-31-17-10-18-32-42/h7-34H,35-36H2,1-6H3. The molecular formula is C48H50O5Si2. The summed E-state index contributed by atoms with van der Waals surface area (Å²) in [5.41, 5.74) is 1.87. The third kappa shape index (κ3) is 8.12. The maximum Gasteiger partial charge on any atom is 0.346 e. The Morgan fingerprint density at radius 3 is 0.927 bits per heavy atom. The van der Waals surface area contributed by atoms with Crippen LogP contribution in [0.2, 0.25) is 10.1 Å². The summed E-state index contributed by atoms with van der Waals surface area (Å²) in [5, 5.41) is 4.06. The van der Waals surface area contributed by atoms with Gasteiger partial charge >= 0.3 is 11.9 Å². The Morgan fingerprint density at radius 1 is 0.400 bits per heavy atom. The molecule has 6 aromatic rings. The molecule has 280 valence electrons. The molecule has 0 aromatic heterocycles. The molecule has 0 fully saturated rings. The van der Waals surface area contributed by atoms with E-state index < -0.39 is 28.6 Å². The molecule has 0 amide bonds. The summed E-state index contributed by atoms with van der Waals surface area (Å²) < 4.78 is 20.0. The van der Waals surface area contributed by atoms with Crippen molar-refractivity contribution in [1.82, 2.24) is 0 Å². The van der Waals surface area contributed by atoms with Crippen LogP contribution in [-0.4, -0.2) is 28.6 Å². The van der Waals surface area contributed by atoms with E-state index in [1.165, 1.54) is 0 Å². The highest BCUT2D eigenvalue weighted by atomic mass is 28.4. The van der Waals surface area contributed by atoms with Crippen molar-refractivity contribution in [1.29, 1.82) is 0 Å². The number of rotatable bonds is 12. The maximum atomic E-state index is 13.9. The minimum Gasteiger partial charge on any atom is -0.403 e. The summed E-state index contributed by atoms with van der Waals surface area (Å²) >= 11 is 0. The van der Waals surface area contributed by atoms with Crippen LogP contribution in [0.4, 0.5) is 0 Å². The first kappa shape index (κ1) is 39.5. The van der Waals surface area contributed by atoms with E-state index in [9.17, 15) is 9.59 Å². The Morgan fingerprint density at radius 2 is 0.655 bits per heavy atom. The Balaban J connectivity index is 1.27. The van der Waals surface area contributed by atoms with Gasteiger partial charge in [0.15, 0.2) is 0 Å². The van der Waals surface area contributed by atoms with Crippen LogP contribution in [0, 0.1) is 0 Å². The molecule has 0 aliphatic rings. The van der Waals surface area contributed by atoms with E-state index in [4.69, 9.17) is 13.6 Å². The average molecular weight is 763 g/mol. The van der Waals surface area contributed by atoms with Gasteiger partial charge in [-0.1, -0.05) is 199 Å². The molecule has 0 radical (unpaired) electrons. The second-order valence-electron chi connectivity index (χ2n) is 15.9. The minimum absolute atomic E-state index is 0.162. The first-order valence-corrected chi connectivity index (χ1v) is 22.6. The van der Waals surface area contributed by atoms with Gasteiger partial charge < -0.3 is 13.6 Å². The predicted molar refractivity (Wildman–Crippen MR) is 227 cm³/mol. The molecule has 0 spiro atoms. The van der Waals surface area contributed by atoms with Gasteiger partial charge in [0, 0.05) is 0 Å². The first-order valence-electron chi connectivity index (χ1n) is 18.8. The molecule has 55 heavy (non-hydrogen) atoms. The number of hydrogen-bond acceptors (Lipinski definition) is 5. The van der Waals surface area contributed by atoms with Crippen molar-refractivity contribution < 1.29 is 23.2 Å². The Hall–Kier alpha value is -5.19. The fraction of sp³-hybridized carbons (Fsp3) is 0.208. The summed E-state index contributed by atoms with van der Waals surface area (Å²) in [6, 6.07) is 55.9. The van der Waals surface area contributed by atoms with Crippen LogP contribution in [0.3, 0.4) is 0 Å². The molecule has 0 unspecified atom stereocenters. The minimum atomic E-state index is -2.90. The lowest BCUT2D eigenvalue weighted by atomic mass is 10.1. The largest absolute Gasteiger partial charge is 0.403 e. The van der Waals surface area contributed by atoms with E-state index in [0.717, 1.165) is 20.7 Å². The molecule has 7 heteroatoms. The van der Waals surface area contributed by atoms with Gasteiger partial charge in [-0.05, 0) is 54.1 Å². The molecule has 0 N–H and O–H groups in total. The van der Waals surface area contributed by atoms with Gasteiger partial charge in [0.05, 0.1) is 24.3 Å². The van der Waals surface area contributed by atoms with Crippen LogP contribution in [0.1, 0.15) is 73.4 Å². The highest BCUT2D eigenvalue weighted by Crippen LogP contribution is 2.39. The second-order valence-corrected chi connectivity index (χ2v) is 24.5. The Bertz CT molecular complexity index is 1960. The monoisotopic (exact) mass is 762 g/mol. The number of esters is 2. The summed E-state index contributed by atoms with van der Waals surface area (Å²) in [5.74, 6) is -1.45. The van der Waals surface area contributed by atoms with Crippen LogP contribution in [-0.2, 0) is 26.8 Å². The molecular weight excluding hydrogens is 713 g/mol. The summed E-state index contributed by atoms with van der Waals surface area (Å²) in [6.45, 7) is 13.6. The normalized spacial score (nSPS) is 12.3. The zero-order valence-electron chi connectivity index (χ0n) is 32.6. The van der Waals surface area contributed by atoms with Crippen molar-refractivity contribution in [3.05, 3.63) is 192 Å². The van der Waals surface area contributed by atoms with Crippen molar-refractivity contribution in [2.45, 2.75) is 64.8 Å². The van der Waals surface area contributed by atoms with Crippen molar-refractivity contribution in [3.8, 4) is 0 Å². The van der Waals surface area contributed by atoms with E-state index in [0.29, 0.717) is 11.1 Å². The number of ether oxygens (including phenoxy) is 1.